The van der Waals surface area contributed by atoms with Crippen LogP contribution in [0.1, 0.15) is 53.2 Å². The summed E-state index contributed by atoms with van der Waals surface area (Å²) in [4.78, 5) is 39.9. The summed E-state index contributed by atoms with van der Waals surface area (Å²) in [6, 6.07) is 5.59. The molecule has 0 spiro atoms. The molecule has 0 atom stereocenters. The fourth-order valence-electron chi connectivity index (χ4n) is 4.46. The maximum Gasteiger partial charge on any atom is 0.330 e. The number of carboxylic acid groups (broad SMARTS) is 1. The lowest BCUT2D eigenvalue weighted by Gasteiger charge is -2.24. The number of esters is 1. The number of aryl methyl sites for hydroxylation is 2. The fourth-order valence-corrected chi connectivity index (χ4v) is 4.46. The molecule has 0 saturated heterocycles. The number of rotatable bonds is 14. The summed E-state index contributed by atoms with van der Waals surface area (Å²) in [5.41, 5.74) is -1.48. The van der Waals surface area contributed by atoms with Crippen molar-refractivity contribution < 1.29 is 47.9 Å². The lowest BCUT2D eigenvalue weighted by molar-refractivity contribution is -0.144. The van der Waals surface area contributed by atoms with E-state index in [0.29, 0.717) is 41.0 Å². The Morgan fingerprint density at radius 1 is 0.735 bits per heavy atom. The van der Waals surface area contributed by atoms with Crippen LogP contribution < -0.4 is 20.1 Å². The van der Waals surface area contributed by atoms with E-state index in [1.54, 1.807) is 19.9 Å². The minimum atomic E-state index is -1.28. The number of aliphatic hydroxyl groups is 2. The van der Waals surface area contributed by atoms with Crippen molar-refractivity contribution in [3.63, 3.8) is 0 Å². The molecular formula is C33H42F2N6O8. The Morgan fingerprint density at radius 3 is 1.49 bits per heavy atom. The number of methoxy groups -OCH3 is 1. The monoisotopic (exact) mass is 688 g/mol. The molecule has 4 rings (SSSR count). The van der Waals surface area contributed by atoms with E-state index >= 15 is 0 Å². The molecule has 16 heteroatoms. The maximum absolute atomic E-state index is 14.6. The number of ether oxygens (including phenoxy) is 3. The summed E-state index contributed by atoms with van der Waals surface area (Å²) in [5, 5.41) is 33.5. The van der Waals surface area contributed by atoms with Gasteiger partial charge in [-0.15, -0.1) is 0 Å². The molecule has 49 heavy (non-hydrogen) atoms. The van der Waals surface area contributed by atoms with E-state index in [4.69, 9.17) is 24.4 Å². The molecule has 0 unspecified atom stereocenters. The van der Waals surface area contributed by atoms with Gasteiger partial charge in [-0.2, -0.15) is 9.97 Å². The first-order valence-corrected chi connectivity index (χ1v) is 15.5. The summed E-state index contributed by atoms with van der Waals surface area (Å²) in [6.07, 6.45) is 1.01. The molecule has 0 fully saturated rings. The summed E-state index contributed by atoms with van der Waals surface area (Å²) in [7, 11) is 1.29. The number of anilines is 2. The SMILES string of the molecule is CCc1nc(OCCO)c2cc(NC(C)(C)C(=O)O)cc(F)c2n1.CCc1nc(OCCO)c2cc(NC(C)(C)C(=O)OC)cc(F)c2n1. The smallest absolute Gasteiger partial charge is 0.330 e. The number of carbonyl (C=O) groups excluding carboxylic acids is 1. The Labute approximate surface area is 281 Å². The van der Waals surface area contributed by atoms with E-state index in [0.717, 1.165) is 0 Å². The Hall–Kier alpha value is -4.96. The zero-order valence-electron chi connectivity index (χ0n) is 28.5. The number of carbonyl (C=O) groups is 2. The van der Waals surface area contributed by atoms with Crippen molar-refractivity contribution in [2.24, 2.45) is 0 Å². The topological polar surface area (TPSA) is 198 Å². The largest absolute Gasteiger partial charge is 0.480 e. The number of carboxylic acids is 1. The van der Waals surface area contributed by atoms with Crippen molar-refractivity contribution >= 4 is 45.1 Å². The zero-order valence-corrected chi connectivity index (χ0v) is 28.5. The molecule has 0 saturated carbocycles. The number of nitrogens with one attached hydrogen (secondary N) is 2. The van der Waals surface area contributed by atoms with Crippen LogP contribution in [-0.4, -0.2) is 91.8 Å². The lowest BCUT2D eigenvalue weighted by Crippen LogP contribution is -2.41. The lowest BCUT2D eigenvalue weighted by atomic mass is 10.0. The van der Waals surface area contributed by atoms with Gasteiger partial charge in [-0.3, -0.25) is 0 Å². The van der Waals surface area contributed by atoms with E-state index in [-0.39, 0.29) is 54.9 Å². The van der Waals surface area contributed by atoms with Crippen LogP contribution in [0, 0.1) is 11.6 Å². The van der Waals surface area contributed by atoms with E-state index in [1.165, 1.54) is 39.2 Å². The van der Waals surface area contributed by atoms with Crippen LogP contribution in [0.5, 0.6) is 11.8 Å². The van der Waals surface area contributed by atoms with Crippen LogP contribution in [0.15, 0.2) is 24.3 Å². The molecule has 0 aliphatic carbocycles. The van der Waals surface area contributed by atoms with Gasteiger partial charge >= 0.3 is 11.9 Å². The van der Waals surface area contributed by atoms with E-state index in [9.17, 15) is 23.5 Å². The number of hydrogen-bond donors (Lipinski definition) is 5. The first kappa shape index (κ1) is 38.5. The predicted molar refractivity (Wildman–Crippen MR) is 178 cm³/mol. The second kappa shape index (κ2) is 16.4. The number of aromatic nitrogens is 4. The van der Waals surface area contributed by atoms with Crippen LogP contribution in [-0.2, 0) is 27.2 Å². The molecule has 0 bridgehead atoms. The van der Waals surface area contributed by atoms with E-state index in [1.807, 2.05) is 13.8 Å². The molecule has 266 valence electrons. The van der Waals surface area contributed by atoms with Crippen LogP contribution in [0.25, 0.3) is 21.8 Å². The number of hydrogen-bond acceptors (Lipinski definition) is 13. The average Bonchev–Trinajstić information content (AvgIpc) is 3.05. The predicted octanol–water partition coefficient (Wildman–Crippen LogP) is 4.04. The third-order valence-electron chi connectivity index (χ3n) is 6.97. The second-order valence-corrected chi connectivity index (χ2v) is 11.7. The molecule has 4 aromatic rings. The van der Waals surface area contributed by atoms with Gasteiger partial charge in [-0.25, -0.2) is 28.3 Å². The standard InChI is InChI=1S/C17H22FN3O4.C16H20FN3O4/c1-5-13-19-14-11(15(20-13)25-7-6-22)8-10(9-12(14)18)21-17(2,3)16(23)24-4;1-4-12-18-13-10(14(19-12)24-6-5-21)7-9(8-11(13)17)20-16(2,3)15(22)23/h8-9,21-22H,5-7H2,1-4H3;7-8,20-21H,4-6H2,1-3H3,(H,22,23). The number of benzene rings is 2. The highest BCUT2D eigenvalue weighted by molar-refractivity contribution is 5.90. The van der Waals surface area contributed by atoms with Gasteiger partial charge in [-0.05, 0) is 52.0 Å². The van der Waals surface area contributed by atoms with Gasteiger partial charge in [0.1, 0.15) is 47.0 Å². The van der Waals surface area contributed by atoms with E-state index in [2.05, 4.69) is 30.6 Å². The molecule has 14 nitrogen and oxygen atoms in total. The fraction of sp³-hybridized carbons (Fsp3) is 0.455. The Bertz CT molecular complexity index is 1810. The van der Waals surface area contributed by atoms with Crippen LogP contribution in [0.3, 0.4) is 0 Å². The van der Waals surface area contributed by atoms with Gasteiger partial charge in [0.15, 0.2) is 11.6 Å². The Kier molecular flexibility index (Phi) is 12.9. The summed E-state index contributed by atoms with van der Waals surface area (Å²) < 4.78 is 44.6. The third kappa shape index (κ3) is 9.57. The normalized spacial score (nSPS) is 11.5. The number of halogens is 2. The van der Waals surface area contributed by atoms with Crippen molar-refractivity contribution in [3.05, 3.63) is 47.5 Å². The minimum Gasteiger partial charge on any atom is -0.480 e. The van der Waals surface area contributed by atoms with Gasteiger partial charge in [-0.1, -0.05) is 13.8 Å². The van der Waals surface area contributed by atoms with Crippen LogP contribution in [0.4, 0.5) is 20.2 Å². The zero-order chi connectivity index (χ0) is 36.5. The van der Waals surface area contributed by atoms with Crippen LogP contribution >= 0.6 is 0 Å². The molecule has 2 aromatic heterocycles. The molecule has 5 N–H and O–H groups in total. The molecule has 0 aliphatic heterocycles. The van der Waals surface area contributed by atoms with E-state index < -0.39 is 34.7 Å². The summed E-state index contributed by atoms with van der Waals surface area (Å²) >= 11 is 0. The molecular weight excluding hydrogens is 646 g/mol. The molecule has 0 radical (unpaired) electrons. The number of nitrogens with zero attached hydrogens (tertiary/aromatic N) is 4. The minimum absolute atomic E-state index is 0.00909. The van der Waals surface area contributed by atoms with Gasteiger partial charge in [0.2, 0.25) is 11.8 Å². The summed E-state index contributed by atoms with van der Waals surface area (Å²) in [5.74, 6) is -1.53. The molecule has 0 amide bonds. The van der Waals surface area contributed by atoms with Gasteiger partial charge < -0.3 is 40.2 Å². The first-order valence-electron chi connectivity index (χ1n) is 15.5. The van der Waals surface area contributed by atoms with Crippen molar-refractivity contribution in [1.29, 1.82) is 0 Å². The highest BCUT2D eigenvalue weighted by Crippen LogP contribution is 2.31. The highest BCUT2D eigenvalue weighted by atomic mass is 19.1. The Balaban J connectivity index is 0.000000266. The van der Waals surface area contributed by atoms with Gasteiger partial charge in [0, 0.05) is 24.2 Å². The Morgan fingerprint density at radius 2 is 1.14 bits per heavy atom. The van der Waals surface area contributed by atoms with Gasteiger partial charge in [0.25, 0.3) is 0 Å². The maximum atomic E-state index is 14.6. The van der Waals surface area contributed by atoms with Gasteiger partial charge in [0.05, 0.1) is 31.1 Å². The quantitative estimate of drug-likeness (QED) is 0.119. The first-order chi connectivity index (χ1) is 23.1. The second-order valence-electron chi connectivity index (χ2n) is 11.7. The molecule has 2 aromatic carbocycles. The van der Waals surface area contributed by atoms with Crippen molar-refractivity contribution in [3.8, 4) is 11.8 Å². The van der Waals surface area contributed by atoms with Crippen molar-refractivity contribution in [2.75, 3.05) is 44.2 Å². The highest BCUT2D eigenvalue weighted by Gasteiger charge is 2.29. The van der Waals surface area contributed by atoms with Crippen molar-refractivity contribution in [1.82, 2.24) is 19.9 Å². The van der Waals surface area contributed by atoms with Crippen LogP contribution in [0.2, 0.25) is 0 Å². The molecule has 2 heterocycles. The average molecular weight is 689 g/mol. The summed E-state index contributed by atoms with van der Waals surface area (Å²) in [6.45, 7) is 9.51. The number of aliphatic hydroxyl groups excluding tert-OH is 2. The molecule has 0 aliphatic rings. The number of fused-ring (bicyclic) bond motifs is 2. The third-order valence-corrected chi connectivity index (χ3v) is 6.97. The number of aliphatic carboxylic acids is 1. The van der Waals surface area contributed by atoms with Crippen molar-refractivity contribution in [2.45, 2.75) is 65.5 Å².